The van der Waals surface area contributed by atoms with Crippen LogP contribution in [-0.2, 0) is 6.54 Å². The maximum Gasteiger partial charge on any atom is 0.174 e. The number of hydrogen-bond donors (Lipinski definition) is 0. The van der Waals surface area contributed by atoms with E-state index in [9.17, 15) is 4.79 Å². The SMILES string of the molecule is Cc1ccc2sc(C(=O)CCN3CCN(Cc4ccccc4)CC3)c(C)c2c1.Cl.Cl. The molecule has 0 spiro atoms. The standard InChI is InChI=1S/C24H28N2OS.2ClH/c1-18-8-9-23-21(16-18)19(2)24(28-23)22(27)10-11-25-12-14-26(15-13-25)17-20-6-4-3-5-7-20;;/h3-9,16H,10-15,17H2,1-2H3;2*1H. The highest BCUT2D eigenvalue weighted by atomic mass is 35.5. The Kier molecular flexibility index (Phi) is 9.32. The molecule has 0 N–H and O–H groups in total. The molecule has 162 valence electrons. The van der Waals surface area contributed by atoms with Crippen LogP contribution in [-0.4, -0.2) is 48.3 Å². The molecule has 2 heterocycles. The van der Waals surface area contributed by atoms with Gasteiger partial charge in [-0.3, -0.25) is 9.69 Å². The summed E-state index contributed by atoms with van der Waals surface area (Å²) >= 11 is 1.65. The third-order valence-corrected chi connectivity index (χ3v) is 7.03. The fraction of sp³-hybridized carbons (Fsp3) is 0.375. The molecule has 0 bridgehead atoms. The van der Waals surface area contributed by atoms with Crippen LogP contribution >= 0.6 is 36.2 Å². The number of carbonyl (C=O) groups is 1. The van der Waals surface area contributed by atoms with E-state index >= 15 is 0 Å². The zero-order valence-electron chi connectivity index (χ0n) is 17.6. The number of fused-ring (bicyclic) bond motifs is 1. The van der Waals surface area contributed by atoms with Crippen LogP contribution in [0.5, 0.6) is 0 Å². The number of piperazine rings is 1. The lowest BCUT2D eigenvalue weighted by molar-refractivity contribution is 0.0926. The van der Waals surface area contributed by atoms with Gasteiger partial charge >= 0.3 is 0 Å². The van der Waals surface area contributed by atoms with E-state index in [2.05, 4.69) is 72.2 Å². The Balaban J connectivity index is 0.00000160. The van der Waals surface area contributed by atoms with Gasteiger partial charge in [0.05, 0.1) is 4.88 Å². The molecule has 6 heteroatoms. The highest BCUT2D eigenvalue weighted by molar-refractivity contribution is 7.21. The highest BCUT2D eigenvalue weighted by Crippen LogP contribution is 2.32. The Labute approximate surface area is 195 Å². The average molecular weight is 465 g/mol. The Bertz CT molecular complexity index is 966. The second kappa shape index (κ2) is 11.3. The molecule has 0 amide bonds. The summed E-state index contributed by atoms with van der Waals surface area (Å²) in [6.07, 6.45) is 0.616. The summed E-state index contributed by atoms with van der Waals surface area (Å²) in [5.74, 6) is 0.295. The van der Waals surface area contributed by atoms with Crippen molar-refractivity contribution in [3.8, 4) is 0 Å². The van der Waals surface area contributed by atoms with E-state index in [0.29, 0.717) is 12.2 Å². The number of benzene rings is 2. The van der Waals surface area contributed by atoms with Gasteiger partial charge < -0.3 is 4.90 Å². The van der Waals surface area contributed by atoms with Gasteiger partial charge in [0.1, 0.15) is 0 Å². The van der Waals surface area contributed by atoms with E-state index in [1.54, 1.807) is 11.3 Å². The molecule has 1 saturated heterocycles. The highest BCUT2D eigenvalue weighted by Gasteiger charge is 2.20. The van der Waals surface area contributed by atoms with E-state index < -0.39 is 0 Å². The molecule has 0 saturated carbocycles. The summed E-state index contributed by atoms with van der Waals surface area (Å²) in [5, 5.41) is 1.24. The molecule has 4 rings (SSSR count). The van der Waals surface area contributed by atoms with Crippen LogP contribution in [0.25, 0.3) is 10.1 Å². The van der Waals surface area contributed by atoms with Crippen molar-refractivity contribution in [2.75, 3.05) is 32.7 Å². The molecule has 1 fully saturated rings. The second-order valence-electron chi connectivity index (χ2n) is 7.83. The minimum absolute atomic E-state index is 0. The number of hydrogen-bond acceptors (Lipinski definition) is 4. The topological polar surface area (TPSA) is 23.6 Å². The number of aryl methyl sites for hydroxylation is 2. The number of nitrogens with zero attached hydrogens (tertiary/aromatic N) is 2. The first-order valence-corrected chi connectivity index (χ1v) is 10.9. The first kappa shape index (κ1) is 24.8. The van der Waals surface area contributed by atoms with Crippen molar-refractivity contribution in [3.63, 3.8) is 0 Å². The van der Waals surface area contributed by atoms with E-state index in [4.69, 9.17) is 0 Å². The summed E-state index contributed by atoms with van der Waals surface area (Å²) in [6, 6.07) is 17.1. The molecule has 0 atom stereocenters. The van der Waals surface area contributed by atoms with Gasteiger partial charge in [0.25, 0.3) is 0 Å². The van der Waals surface area contributed by atoms with Crippen LogP contribution < -0.4 is 0 Å². The molecule has 1 aliphatic heterocycles. The van der Waals surface area contributed by atoms with Crippen molar-refractivity contribution in [1.29, 1.82) is 0 Å². The quantitative estimate of drug-likeness (QED) is 0.433. The normalized spacial score (nSPS) is 14.9. The Morgan fingerprint density at radius 2 is 1.60 bits per heavy atom. The fourth-order valence-corrected chi connectivity index (χ4v) is 5.14. The molecule has 1 aliphatic rings. The zero-order chi connectivity index (χ0) is 19.5. The van der Waals surface area contributed by atoms with Crippen LogP contribution in [0.15, 0.2) is 48.5 Å². The summed E-state index contributed by atoms with van der Waals surface area (Å²) in [4.78, 5) is 18.7. The van der Waals surface area contributed by atoms with Gasteiger partial charge in [-0.05, 0) is 36.4 Å². The minimum Gasteiger partial charge on any atom is -0.300 e. The van der Waals surface area contributed by atoms with Gasteiger partial charge in [-0.25, -0.2) is 0 Å². The molecule has 3 nitrogen and oxygen atoms in total. The predicted molar refractivity (Wildman–Crippen MR) is 133 cm³/mol. The van der Waals surface area contributed by atoms with Crippen molar-refractivity contribution in [3.05, 3.63) is 70.1 Å². The van der Waals surface area contributed by atoms with Crippen LogP contribution in [0.1, 0.15) is 32.8 Å². The third kappa shape index (κ3) is 5.83. The molecule has 3 aromatic rings. The van der Waals surface area contributed by atoms with E-state index in [1.165, 1.54) is 21.2 Å². The largest absolute Gasteiger partial charge is 0.300 e. The van der Waals surface area contributed by atoms with Crippen LogP contribution in [0.3, 0.4) is 0 Å². The summed E-state index contributed by atoms with van der Waals surface area (Å²) in [7, 11) is 0. The molecule has 0 radical (unpaired) electrons. The first-order chi connectivity index (χ1) is 13.6. The van der Waals surface area contributed by atoms with Gasteiger partial charge in [-0.15, -0.1) is 36.2 Å². The van der Waals surface area contributed by atoms with Crippen molar-refractivity contribution in [2.45, 2.75) is 26.8 Å². The van der Waals surface area contributed by atoms with Crippen LogP contribution in [0.2, 0.25) is 0 Å². The Hall–Kier alpha value is -1.43. The van der Waals surface area contributed by atoms with Gasteiger partial charge in [0.15, 0.2) is 5.78 Å². The zero-order valence-corrected chi connectivity index (χ0v) is 20.0. The van der Waals surface area contributed by atoms with Crippen molar-refractivity contribution >= 4 is 52.0 Å². The first-order valence-electron chi connectivity index (χ1n) is 10.1. The number of halogens is 2. The van der Waals surface area contributed by atoms with Crippen molar-refractivity contribution < 1.29 is 4.79 Å². The van der Waals surface area contributed by atoms with Crippen molar-refractivity contribution in [2.24, 2.45) is 0 Å². The Morgan fingerprint density at radius 1 is 0.933 bits per heavy atom. The Morgan fingerprint density at radius 3 is 2.30 bits per heavy atom. The van der Waals surface area contributed by atoms with E-state index in [-0.39, 0.29) is 24.8 Å². The lowest BCUT2D eigenvalue weighted by Gasteiger charge is -2.34. The molecular weight excluding hydrogens is 435 g/mol. The third-order valence-electron chi connectivity index (χ3n) is 5.71. The maximum atomic E-state index is 12.8. The van der Waals surface area contributed by atoms with E-state index in [0.717, 1.165) is 49.7 Å². The van der Waals surface area contributed by atoms with Crippen LogP contribution in [0.4, 0.5) is 0 Å². The van der Waals surface area contributed by atoms with Gasteiger partial charge in [-0.2, -0.15) is 0 Å². The molecule has 30 heavy (non-hydrogen) atoms. The predicted octanol–water partition coefficient (Wildman–Crippen LogP) is 5.75. The van der Waals surface area contributed by atoms with Gasteiger partial charge in [-0.1, -0.05) is 48.0 Å². The molecular formula is C24H30Cl2N2OS. The van der Waals surface area contributed by atoms with E-state index in [1.807, 2.05) is 0 Å². The molecule has 2 aromatic carbocycles. The minimum atomic E-state index is 0. The lowest BCUT2D eigenvalue weighted by Crippen LogP contribution is -2.46. The average Bonchev–Trinajstić information content (AvgIpc) is 3.04. The number of Topliss-reactive ketones (excluding diaryl/α,β-unsaturated/α-hetero) is 1. The maximum absolute atomic E-state index is 12.8. The molecule has 0 unspecified atom stereocenters. The van der Waals surface area contributed by atoms with Crippen LogP contribution in [0, 0.1) is 13.8 Å². The lowest BCUT2D eigenvalue weighted by atomic mass is 10.1. The fourth-order valence-electron chi connectivity index (χ4n) is 3.99. The van der Waals surface area contributed by atoms with Gasteiger partial charge in [0.2, 0.25) is 0 Å². The second-order valence-corrected chi connectivity index (χ2v) is 8.88. The monoisotopic (exact) mass is 464 g/mol. The number of rotatable bonds is 6. The van der Waals surface area contributed by atoms with Gasteiger partial charge in [0, 0.05) is 50.4 Å². The molecule has 0 aliphatic carbocycles. The number of thiophene rings is 1. The smallest absolute Gasteiger partial charge is 0.174 e. The summed E-state index contributed by atoms with van der Waals surface area (Å²) in [5.41, 5.74) is 3.78. The summed E-state index contributed by atoms with van der Waals surface area (Å²) < 4.78 is 1.22. The summed E-state index contributed by atoms with van der Waals surface area (Å²) in [6.45, 7) is 10.3. The van der Waals surface area contributed by atoms with Crippen molar-refractivity contribution in [1.82, 2.24) is 9.80 Å². The molecule has 1 aromatic heterocycles. The number of carbonyl (C=O) groups excluding carboxylic acids is 1. The number of ketones is 1.